The lowest BCUT2D eigenvalue weighted by Crippen LogP contribution is -2.28. The number of carbonyl (C=O) groups excluding carboxylic acids is 2. The van der Waals surface area contributed by atoms with Gasteiger partial charge < -0.3 is 13.9 Å². The second kappa shape index (κ2) is 3.73. The first kappa shape index (κ1) is 12.0. The van der Waals surface area contributed by atoms with Crippen LogP contribution in [0.5, 0.6) is 11.5 Å². The number of hydrogen-bond donors (Lipinski definition) is 0. The molecule has 100 valence electrons. The van der Waals surface area contributed by atoms with E-state index in [1.807, 2.05) is 20.8 Å². The van der Waals surface area contributed by atoms with E-state index in [1.165, 1.54) is 0 Å². The van der Waals surface area contributed by atoms with Gasteiger partial charge in [-0.2, -0.15) is 0 Å². The van der Waals surface area contributed by atoms with E-state index in [4.69, 9.17) is 13.9 Å². The third kappa shape index (κ3) is 1.61. The standard InChI is InChI=1S/C14H14O5/c1-4-5-14(2,3)13(16)19-10-8-6-7-9(17-8)11(10)18-12(7)15/h6H,4-5H2,1-3H3. The molecule has 0 saturated carbocycles. The molecule has 5 heteroatoms. The van der Waals surface area contributed by atoms with Crippen LogP contribution in [0.3, 0.4) is 0 Å². The average molecular weight is 262 g/mol. The fourth-order valence-corrected chi connectivity index (χ4v) is 2.33. The minimum absolute atomic E-state index is 0.221. The number of esters is 2. The van der Waals surface area contributed by atoms with Crippen LogP contribution in [0.2, 0.25) is 0 Å². The molecule has 0 spiro atoms. The quantitative estimate of drug-likeness (QED) is 0.625. The summed E-state index contributed by atoms with van der Waals surface area (Å²) in [6, 6.07) is 1.55. The van der Waals surface area contributed by atoms with Gasteiger partial charge in [-0.05, 0) is 20.3 Å². The lowest BCUT2D eigenvalue weighted by molar-refractivity contribution is -0.144. The van der Waals surface area contributed by atoms with Gasteiger partial charge >= 0.3 is 11.9 Å². The Morgan fingerprint density at radius 1 is 1.42 bits per heavy atom. The molecule has 3 rings (SSSR count). The average Bonchev–Trinajstić information content (AvgIpc) is 2.93. The van der Waals surface area contributed by atoms with E-state index in [-0.39, 0.29) is 17.5 Å². The van der Waals surface area contributed by atoms with Gasteiger partial charge in [-0.15, -0.1) is 0 Å². The fraction of sp³-hybridized carbons (Fsp3) is 0.429. The lowest BCUT2D eigenvalue weighted by atomic mass is 9.88. The van der Waals surface area contributed by atoms with Crippen molar-refractivity contribution < 1.29 is 23.5 Å². The van der Waals surface area contributed by atoms with Crippen LogP contribution in [0.25, 0.3) is 11.2 Å². The SMILES string of the molecule is CCCC(C)(C)C(=O)Oc1c2c3oc1cc3C(=O)O2. The molecule has 0 aliphatic carbocycles. The summed E-state index contributed by atoms with van der Waals surface area (Å²) in [5.41, 5.74) is 0.574. The zero-order valence-corrected chi connectivity index (χ0v) is 11.0. The van der Waals surface area contributed by atoms with Gasteiger partial charge in [0.1, 0.15) is 5.56 Å². The highest BCUT2D eigenvalue weighted by molar-refractivity contribution is 6.10. The van der Waals surface area contributed by atoms with Crippen molar-refractivity contribution in [3.63, 3.8) is 0 Å². The first-order chi connectivity index (χ1) is 8.94. The van der Waals surface area contributed by atoms with Crippen molar-refractivity contribution in [2.24, 2.45) is 5.41 Å². The van der Waals surface area contributed by atoms with Gasteiger partial charge in [0.15, 0.2) is 11.2 Å². The first-order valence-corrected chi connectivity index (χ1v) is 6.27. The topological polar surface area (TPSA) is 65.7 Å². The highest BCUT2D eigenvalue weighted by Crippen LogP contribution is 2.49. The summed E-state index contributed by atoms with van der Waals surface area (Å²) in [5.74, 6) is -0.352. The number of ether oxygens (including phenoxy) is 2. The summed E-state index contributed by atoms with van der Waals surface area (Å²) in [6.45, 7) is 5.67. The largest absolute Gasteiger partial charge is 0.448 e. The van der Waals surface area contributed by atoms with Gasteiger partial charge in [-0.25, -0.2) is 4.79 Å². The van der Waals surface area contributed by atoms with E-state index in [0.717, 1.165) is 12.8 Å². The van der Waals surface area contributed by atoms with Crippen LogP contribution in [-0.2, 0) is 4.79 Å². The number of benzene rings is 1. The van der Waals surface area contributed by atoms with Crippen molar-refractivity contribution in [3.8, 4) is 11.5 Å². The highest BCUT2D eigenvalue weighted by Gasteiger charge is 2.38. The van der Waals surface area contributed by atoms with Crippen molar-refractivity contribution in [2.75, 3.05) is 0 Å². The molecule has 0 N–H and O–H groups in total. The molecule has 0 radical (unpaired) electrons. The van der Waals surface area contributed by atoms with Crippen LogP contribution in [-0.4, -0.2) is 11.9 Å². The van der Waals surface area contributed by atoms with Gasteiger partial charge in [0.05, 0.1) is 5.41 Å². The summed E-state index contributed by atoms with van der Waals surface area (Å²) >= 11 is 0. The Balaban J connectivity index is 1.89. The second-order valence-corrected chi connectivity index (χ2v) is 5.42. The molecule has 3 heterocycles. The number of carbonyl (C=O) groups is 2. The summed E-state index contributed by atoms with van der Waals surface area (Å²) in [4.78, 5) is 23.6. The first-order valence-electron chi connectivity index (χ1n) is 6.27. The van der Waals surface area contributed by atoms with Crippen molar-refractivity contribution in [2.45, 2.75) is 33.6 Å². The van der Waals surface area contributed by atoms with Crippen LogP contribution in [0.1, 0.15) is 44.0 Å². The van der Waals surface area contributed by atoms with Gasteiger partial charge in [0, 0.05) is 6.07 Å². The Labute approximate surface area is 109 Å². The number of furan rings is 2. The predicted molar refractivity (Wildman–Crippen MR) is 66.7 cm³/mol. The Kier molecular flexibility index (Phi) is 2.36. The Bertz CT molecular complexity index is 664. The second-order valence-electron chi connectivity index (χ2n) is 5.42. The molecule has 0 saturated heterocycles. The molecule has 1 aliphatic heterocycles. The predicted octanol–water partition coefficient (Wildman–Crippen LogP) is 3.13. The molecule has 5 nitrogen and oxygen atoms in total. The molecule has 2 aromatic heterocycles. The van der Waals surface area contributed by atoms with Crippen molar-refractivity contribution in [3.05, 3.63) is 11.6 Å². The molecule has 2 bridgehead atoms. The minimum Gasteiger partial charge on any atom is -0.448 e. The van der Waals surface area contributed by atoms with E-state index in [2.05, 4.69) is 0 Å². The summed E-state index contributed by atoms with van der Waals surface area (Å²) in [7, 11) is 0. The minimum atomic E-state index is -0.579. The third-order valence-corrected chi connectivity index (χ3v) is 3.41. The maximum atomic E-state index is 12.1. The smallest absolute Gasteiger partial charge is 0.347 e. The summed E-state index contributed by atoms with van der Waals surface area (Å²) in [5, 5.41) is 0. The van der Waals surface area contributed by atoms with Crippen molar-refractivity contribution >= 4 is 23.1 Å². The summed E-state index contributed by atoms with van der Waals surface area (Å²) in [6.07, 6.45) is 1.61. The summed E-state index contributed by atoms with van der Waals surface area (Å²) < 4.78 is 15.8. The zero-order chi connectivity index (χ0) is 13.8. The normalized spacial score (nSPS) is 14.2. The Hall–Kier alpha value is -2.04. The number of hydrogen-bond acceptors (Lipinski definition) is 5. The van der Waals surface area contributed by atoms with Crippen LogP contribution in [0.15, 0.2) is 10.5 Å². The number of rotatable bonds is 4. The van der Waals surface area contributed by atoms with E-state index >= 15 is 0 Å². The molecule has 0 atom stereocenters. The maximum Gasteiger partial charge on any atom is 0.347 e. The van der Waals surface area contributed by atoms with Gasteiger partial charge in [-0.1, -0.05) is 13.3 Å². The van der Waals surface area contributed by atoms with E-state index in [9.17, 15) is 9.59 Å². The Morgan fingerprint density at radius 3 is 2.84 bits per heavy atom. The molecule has 1 aliphatic rings. The monoisotopic (exact) mass is 262 g/mol. The van der Waals surface area contributed by atoms with Gasteiger partial charge in [-0.3, -0.25) is 4.79 Å². The maximum absolute atomic E-state index is 12.1. The fourth-order valence-electron chi connectivity index (χ4n) is 2.33. The molecule has 2 aromatic rings. The molecular formula is C14H14O5. The van der Waals surface area contributed by atoms with Crippen molar-refractivity contribution in [1.29, 1.82) is 0 Å². The third-order valence-electron chi connectivity index (χ3n) is 3.41. The highest BCUT2D eigenvalue weighted by atomic mass is 16.6. The lowest BCUT2D eigenvalue weighted by Gasteiger charge is -2.21. The van der Waals surface area contributed by atoms with E-state index < -0.39 is 11.4 Å². The molecule has 0 aromatic carbocycles. The molecule has 0 fully saturated rings. The Morgan fingerprint density at radius 2 is 2.16 bits per heavy atom. The zero-order valence-electron chi connectivity index (χ0n) is 11.0. The number of fused-ring (bicyclic) bond motifs is 1. The molecule has 0 unspecified atom stereocenters. The van der Waals surface area contributed by atoms with Crippen LogP contribution >= 0.6 is 0 Å². The molecule has 0 amide bonds. The van der Waals surface area contributed by atoms with E-state index in [1.54, 1.807) is 6.07 Å². The molecule has 19 heavy (non-hydrogen) atoms. The van der Waals surface area contributed by atoms with Gasteiger partial charge in [0.25, 0.3) is 0 Å². The van der Waals surface area contributed by atoms with E-state index in [0.29, 0.717) is 16.7 Å². The van der Waals surface area contributed by atoms with Crippen LogP contribution in [0, 0.1) is 5.41 Å². The molecular weight excluding hydrogens is 248 g/mol. The van der Waals surface area contributed by atoms with Gasteiger partial charge in [0.2, 0.25) is 11.5 Å². The van der Waals surface area contributed by atoms with Crippen molar-refractivity contribution in [1.82, 2.24) is 0 Å². The van der Waals surface area contributed by atoms with Crippen LogP contribution < -0.4 is 9.47 Å². The van der Waals surface area contributed by atoms with Crippen LogP contribution in [0.4, 0.5) is 0 Å².